The molecular formula is C11H23N3O2. The summed E-state index contributed by atoms with van der Waals surface area (Å²) < 4.78 is 0. The fourth-order valence-electron chi connectivity index (χ4n) is 1.18. The molecule has 94 valence electrons. The molecule has 0 heterocycles. The largest absolute Gasteiger partial charge is 0.359 e. The molecule has 2 amide bonds. The molecule has 0 saturated heterocycles. The van der Waals surface area contributed by atoms with Crippen molar-refractivity contribution in [3.8, 4) is 0 Å². The summed E-state index contributed by atoms with van der Waals surface area (Å²) in [6.45, 7) is 7.11. The molecule has 3 N–H and O–H groups in total. The van der Waals surface area contributed by atoms with Gasteiger partial charge in [0.05, 0.1) is 12.0 Å². The maximum Gasteiger partial charge on any atom is 0.233 e. The Morgan fingerprint density at radius 3 is 2.38 bits per heavy atom. The first-order valence-corrected chi connectivity index (χ1v) is 5.63. The fourth-order valence-corrected chi connectivity index (χ4v) is 1.18. The zero-order valence-corrected chi connectivity index (χ0v) is 10.6. The highest BCUT2D eigenvalue weighted by Crippen LogP contribution is 2.12. The second-order valence-corrected chi connectivity index (χ2v) is 4.42. The van der Waals surface area contributed by atoms with Crippen molar-refractivity contribution < 1.29 is 9.59 Å². The fraction of sp³-hybridized carbons (Fsp3) is 0.818. The molecule has 0 spiro atoms. The summed E-state index contributed by atoms with van der Waals surface area (Å²) in [5.41, 5.74) is -0.574. The summed E-state index contributed by atoms with van der Waals surface area (Å²) in [6, 6.07) is 0. The molecule has 0 fully saturated rings. The Morgan fingerprint density at radius 1 is 1.25 bits per heavy atom. The predicted octanol–water partition coefficient (Wildman–Crippen LogP) is -0.126. The maximum atomic E-state index is 11.4. The van der Waals surface area contributed by atoms with Crippen molar-refractivity contribution in [3.63, 3.8) is 0 Å². The van der Waals surface area contributed by atoms with E-state index in [9.17, 15) is 9.59 Å². The average Bonchev–Trinajstić information content (AvgIpc) is 2.25. The van der Waals surface area contributed by atoms with Crippen LogP contribution >= 0.6 is 0 Å². The monoisotopic (exact) mass is 229 g/mol. The van der Waals surface area contributed by atoms with Crippen LogP contribution in [0.25, 0.3) is 0 Å². The number of hydrogen-bond donors (Lipinski definition) is 3. The minimum atomic E-state index is -0.574. The summed E-state index contributed by atoms with van der Waals surface area (Å²) in [6.07, 6.45) is 0.997. The van der Waals surface area contributed by atoms with Crippen molar-refractivity contribution in [1.29, 1.82) is 0 Å². The van der Waals surface area contributed by atoms with Gasteiger partial charge in [0.15, 0.2) is 0 Å². The van der Waals surface area contributed by atoms with E-state index >= 15 is 0 Å². The molecular weight excluding hydrogens is 206 g/mol. The molecule has 5 nitrogen and oxygen atoms in total. The Bertz CT molecular complexity index is 239. The summed E-state index contributed by atoms with van der Waals surface area (Å²) in [5, 5.41) is 8.31. The summed E-state index contributed by atoms with van der Waals surface area (Å²) >= 11 is 0. The molecule has 0 aromatic carbocycles. The van der Waals surface area contributed by atoms with Crippen molar-refractivity contribution in [2.75, 3.05) is 26.7 Å². The van der Waals surface area contributed by atoms with Crippen molar-refractivity contribution in [3.05, 3.63) is 0 Å². The molecule has 5 heteroatoms. The molecule has 0 aromatic rings. The van der Waals surface area contributed by atoms with Gasteiger partial charge in [-0.05, 0) is 26.8 Å². The molecule has 0 aliphatic rings. The lowest BCUT2D eigenvalue weighted by molar-refractivity contribution is -0.129. The normalized spacial score (nSPS) is 11.0. The lowest BCUT2D eigenvalue weighted by Gasteiger charge is -2.22. The molecule has 0 unspecified atom stereocenters. The smallest absolute Gasteiger partial charge is 0.233 e. The predicted molar refractivity (Wildman–Crippen MR) is 64.0 cm³/mol. The molecule has 0 bridgehead atoms. The van der Waals surface area contributed by atoms with Gasteiger partial charge in [0, 0.05) is 13.6 Å². The van der Waals surface area contributed by atoms with Crippen LogP contribution in [0.1, 0.15) is 27.2 Å². The molecule has 0 aliphatic carbocycles. The first-order chi connectivity index (χ1) is 7.44. The van der Waals surface area contributed by atoms with E-state index < -0.39 is 5.41 Å². The second-order valence-electron chi connectivity index (χ2n) is 4.42. The Hall–Kier alpha value is -1.10. The lowest BCUT2D eigenvalue weighted by atomic mass is 9.92. The van der Waals surface area contributed by atoms with Crippen LogP contribution in [0.5, 0.6) is 0 Å². The summed E-state index contributed by atoms with van der Waals surface area (Å²) in [5.74, 6) is -0.153. The first-order valence-electron chi connectivity index (χ1n) is 5.63. The Morgan fingerprint density at radius 2 is 1.88 bits per heavy atom. The highest BCUT2D eigenvalue weighted by Gasteiger charge is 2.26. The van der Waals surface area contributed by atoms with Gasteiger partial charge in [-0.2, -0.15) is 0 Å². The van der Waals surface area contributed by atoms with E-state index in [1.54, 1.807) is 20.9 Å². The van der Waals surface area contributed by atoms with Crippen molar-refractivity contribution in [2.24, 2.45) is 5.41 Å². The van der Waals surface area contributed by atoms with Gasteiger partial charge >= 0.3 is 0 Å². The van der Waals surface area contributed by atoms with Gasteiger partial charge in [0.1, 0.15) is 0 Å². The number of hydrogen-bond acceptors (Lipinski definition) is 3. The van der Waals surface area contributed by atoms with E-state index in [2.05, 4.69) is 16.0 Å². The minimum absolute atomic E-state index is 0.0747. The van der Waals surface area contributed by atoms with Crippen LogP contribution in [0.3, 0.4) is 0 Å². The van der Waals surface area contributed by atoms with Crippen LogP contribution in [-0.2, 0) is 9.59 Å². The molecule has 0 aromatic heterocycles. The van der Waals surface area contributed by atoms with E-state index in [-0.39, 0.29) is 11.8 Å². The van der Waals surface area contributed by atoms with Crippen LogP contribution in [0.15, 0.2) is 0 Å². The maximum absolute atomic E-state index is 11.4. The van der Waals surface area contributed by atoms with Crippen LogP contribution in [0, 0.1) is 5.41 Å². The standard InChI is InChI=1S/C11H23N3O2/c1-5-6-13-7-9(15)14-8-11(2,3)10(16)12-4/h13H,5-8H2,1-4H3,(H,12,16)(H,14,15). The van der Waals surface area contributed by atoms with Crippen molar-refractivity contribution >= 4 is 11.8 Å². The second kappa shape index (κ2) is 7.22. The van der Waals surface area contributed by atoms with E-state index in [1.807, 2.05) is 6.92 Å². The number of rotatable bonds is 7. The van der Waals surface area contributed by atoms with Crippen LogP contribution in [-0.4, -0.2) is 38.5 Å². The van der Waals surface area contributed by atoms with Gasteiger partial charge in [-0.15, -0.1) is 0 Å². The van der Waals surface area contributed by atoms with Crippen LogP contribution in [0.2, 0.25) is 0 Å². The van der Waals surface area contributed by atoms with Crippen molar-refractivity contribution in [1.82, 2.24) is 16.0 Å². The van der Waals surface area contributed by atoms with Gasteiger partial charge in [-0.3, -0.25) is 9.59 Å². The average molecular weight is 229 g/mol. The first kappa shape index (κ1) is 14.9. The van der Waals surface area contributed by atoms with Gasteiger partial charge < -0.3 is 16.0 Å². The third-order valence-electron chi connectivity index (χ3n) is 2.28. The van der Waals surface area contributed by atoms with Crippen LogP contribution in [0.4, 0.5) is 0 Å². The molecule has 0 atom stereocenters. The number of carbonyl (C=O) groups excluding carboxylic acids is 2. The third kappa shape index (κ3) is 5.70. The summed E-state index contributed by atoms with van der Waals surface area (Å²) in [7, 11) is 1.59. The number of nitrogens with one attached hydrogen (secondary N) is 3. The van der Waals surface area contributed by atoms with Gasteiger partial charge in [-0.25, -0.2) is 0 Å². The number of amides is 2. The Kier molecular flexibility index (Phi) is 6.72. The highest BCUT2D eigenvalue weighted by molar-refractivity contribution is 5.83. The van der Waals surface area contributed by atoms with E-state index in [0.717, 1.165) is 13.0 Å². The lowest BCUT2D eigenvalue weighted by Crippen LogP contribution is -2.45. The zero-order chi connectivity index (χ0) is 12.6. The van der Waals surface area contributed by atoms with Crippen molar-refractivity contribution in [2.45, 2.75) is 27.2 Å². The van der Waals surface area contributed by atoms with E-state index in [1.165, 1.54) is 0 Å². The molecule has 16 heavy (non-hydrogen) atoms. The molecule has 0 radical (unpaired) electrons. The number of carbonyl (C=O) groups is 2. The van der Waals surface area contributed by atoms with E-state index in [0.29, 0.717) is 13.1 Å². The Balaban J connectivity index is 3.86. The zero-order valence-electron chi connectivity index (χ0n) is 10.6. The molecule has 0 aliphatic heterocycles. The van der Waals surface area contributed by atoms with Gasteiger partial charge in [0.2, 0.25) is 11.8 Å². The molecule has 0 saturated carbocycles. The summed E-state index contributed by atoms with van der Waals surface area (Å²) in [4.78, 5) is 22.8. The minimum Gasteiger partial charge on any atom is -0.359 e. The van der Waals surface area contributed by atoms with Crippen LogP contribution < -0.4 is 16.0 Å². The molecule has 0 rings (SSSR count). The van der Waals surface area contributed by atoms with Gasteiger partial charge in [-0.1, -0.05) is 6.92 Å². The SMILES string of the molecule is CCCNCC(=O)NCC(C)(C)C(=O)NC. The quantitative estimate of drug-likeness (QED) is 0.533. The third-order valence-corrected chi connectivity index (χ3v) is 2.28. The highest BCUT2D eigenvalue weighted by atomic mass is 16.2. The Labute approximate surface area is 97.4 Å². The topological polar surface area (TPSA) is 70.2 Å². The van der Waals surface area contributed by atoms with Gasteiger partial charge in [0.25, 0.3) is 0 Å². The van der Waals surface area contributed by atoms with E-state index in [4.69, 9.17) is 0 Å².